The maximum absolute atomic E-state index is 5.49. The maximum Gasteiger partial charge on any atom is 0.143 e. The van der Waals surface area contributed by atoms with Gasteiger partial charge in [-0.2, -0.15) is 0 Å². The number of allylic oxidation sites excluding steroid dienone is 6. The second kappa shape index (κ2) is 7.92. The van der Waals surface area contributed by atoms with Crippen molar-refractivity contribution in [2.75, 3.05) is 0 Å². The predicted molar refractivity (Wildman–Crippen MR) is 164 cm³/mol. The van der Waals surface area contributed by atoms with Gasteiger partial charge in [-0.05, 0) is 41.5 Å². The molecule has 0 amide bonds. The Kier molecular flexibility index (Phi) is 4.43. The Bertz CT molecular complexity index is 1870. The molecule has 0 bridgehead atoms. The van der Waals surface area contributed by atoms with Gasteiger partial charge < -0.3 is 9.13 Å². The number of nitrogens with zero attached hydrogens (tertiary/aromatic N) is 3. The van der Waals surface area contributed by atoms with Gasteiger partial charge >= 0.3 is 0 Å². The summed E-state index contributed by atoms with van der Waals surface area (Å²) in [7, 11) is 0. The van der Waals surface area contributed by atoms with Crippen LogP contribution in [0.3, 0.4) is 0 Å². The van der Waals surface area contributed by atoms with Crippen LogP contribution in [0.15, 0.2) is 127 Å². The van der Waals surface area contributed by atoms with Crippen LogP contribution in [0.25, 0.3) is 43.9 Å². The van der Waals surface area contributed by atoms with E-state index in [9.17, 15) is 0 Å². The van der Waals surface area contributed by atoms with E-state index in [0.29, 0.717) is 10.5 Å². The molecular formula is C33H23N3S2. The molecule has 0 spiro atoms. The lowest BCUT2D eigenvalue weighted by Gasteiger charge is -2.16. The summed E-state index contributed by atoms with van der Waals surface area (Å²) in [6.45, 7) is 0. The zero-order valence-corrected chi connectivity index (χ0v) is 22.1. The number of fused-ring (bicyclic) bond motifs is 8. The van der Waals surface area contributed by atoms with Crippen molar-refractivity contribution < 1.29 is 0 Å². The third-order valence-corrected chi connectivity index (χ3v) is 10.8. The molecule has 4 unspecified atom stereocenters. The van der Waals surface area contributed by atoms with Gasteiger partial charge in [0.2, 0.25) is 0 Å². The highest BCUT2D eigenvalue weighted by Gasteiger charge is 2.31. The van der Waals surface area contributed by atoms with Gasteiger partial charge in [-0.15, -0.1) is 23.5 Å². The van der Waals surface area contributed by atoms with Crippen LogP contribution in [0.4, 0.5) is 0 Å². The molecule has 4 aliphatic rings. The minimum Gasteiger partial charge on any atom is -0.323 e. The predicted octanol–water partition coefficient (Wildman–Crippen LogP) is 8.63. The van der Waals surface area contributed by atoms with Gasteiger partial charge in [0.1, 0.15) is 16.4 Å². The fraction of sp³-hybridized carbons (Fsp3) is 0.121. The van der Waals surface area contributed by atoms with Crippen LogP contribution in [-0.2, 0) is 0 Å². The minimum absolute atomic E-state index is 0.208. The van der Waals surface area contributed by atoms with Crippen LogP contribution >= 0.6 is 23.5 Å². The van der Waals surface area contributed by atoms with Gasteiger partial charge in [0, 0.05) is 16.2 Å². The monoisotopic (exact) mass is 525 g/mol. The van der Waals surface area contributed by atoms with Gasteiger partial charge in [-0.1, -0.05) is 85.0 Å². The van der Waals surface area contributed by atoms with Crippen LogP contribution in [0, 0.1) is 0 Å². The van der Waals surface area contributed by atoms with E-state index >= 15 is 0 Å². The molecule has 2 aromatic carbocycles. The molecule has 2 aliphatic carbocycles. The highest BCUT2D eigenvalue weighted by Crippen LogP contribution is 2.49. The Morgan fingerprint density at radius 1 is 0.605 bits per heavy atom. The Morgan fingerprint density at radius 3 is 1.89 bits per heavy atom. The molecule has 0 N–H and O–H groups in total. The second-order valence-electron chi connectivity index (χ2n) is 10.2. The number of aromatic nitrogens is 3. The normalized spacial score (nSPS) is 25.6. The van der Waals surface area contributed by atoms with Crippen molar-refractivity contribution in [3.05, 3.63) is 127 Å². The van der Waals surface area contributed by atoms with Crippen molar-refractivity contribution in [3.8, 4) is 0 Å². The molecule has 5 heteroatoms. The molecule has 0 saturated heterocycles. The molecule has 3 aromatic heterocycles. The zero-order valence-electron chi connectivity index (χ0n) is 20.4. The van der Waals surface area contributed by atoms with Gasteiger partial charge in [0.05, 0.1) is 32.6 Å². The van der Waals surface area contributed by atoms with Gasteiger partial charge in [-0.3, -0.25) is 0 Å². The van der Waals surface area contributed by atoms with Crippen molar-refractivity contribution in [2.45, 2.75) is 21.2 Å². The molecule has 2 aliphatic heterocycles. The van der Waals surface area contributed by atoms with Crippen molar-refractivity contribution in [2.24, 2.45) is 0 Å². The largest absolute Gasteiger partial charge is 0.323 e. The summed E-state index contributed by atoms with van der Waals surface area (Å²) in [5.41, 5.74) is 8.65. The first-order valence-electron chi connectivity index (χ1n) is 13.1. The third-order valence-electron chi connectivity index (χ3n) is 8.12. The smallest absolute Gasteiger partial charge is 0.143 e. The molecule has 9 rings (SSSR count). The lowest BCUT2D eigenvalue weighted by atomic mass is 10.1. The molecule has 5 aromatic rings. The molecule has 5 heterocycles. The maximum atomic E-state index is 5.49. The van der Waals surface area contributed by atoms with E-state index in [4.69, 9.17) is 4.98 Å². The molecule has 0 saturated carbocycles. The summed E-state index contributed by atoms with van der Waals surface area (Å²) in [5.74, 6) is 0. The molecule has 4 atom stereocenters. The van der Waals surface area contributed by atoms with Crippen LogP contribution < -0.4 is 0 Å². The molecule has 0 radical (unpaired) electrons. The van der Waals surface area contributed by atoms with Crippen molar-refractivity contribution in [1.82, 2.24) is 14.1 Å². The average molecular weight is 526 g/mol. The molecule has 0 fully saturated rings. The molecular weight excluding hydrogens is 503 g/mol. The van der Waals surface area contributed by atoms with E-state index in [1.165, 1.54) is 43.9 Å². The lowest BCUT2D eigenvalue weighted by molar-refractivity contribution is 0.865. The van der Waals surface area contributed by atoms with E-state index < -0.39 is 0 Å². The Hall–Kier alpha value is -3.67. The van der Waals surface area contributed by atoms with Crippen LogP contribution in [0.1, 0.15) is 10.7 Å². The molecule has 3 nitrogen and oxygen atoms in total. The third kappa shape index (κ3) is 2.92. The van der Waals surface area contributed by atoms with Crippen LogP contribution in [-0.4, -0.2) is 24.6 Å². The summed E-state index contributed by atoms with van der Waals surface area (Å²) >= 11 is 3.99. The van der Waals surface area contributed by atoms with E-state index in [-0.39, 0.29) is 10.7 Å². The number of hydrogen-bond acceptors (Lipinski definition) is 3. The summed E-state index contributed by atoms with van der Waals surface area (Å²) in [4.78, 5) is 5.49. The highest BCUT2D eigenvalue weighted by molar-refractivity contribution is 8.01. The average Bonchev–Trinajstić information content (AvgIpc) is 3.71. The Balaban J connectivity index is 1.33. The number of para-hydroxylation sites is 2. The summed E-state index contributed by atoms with van der Waals surface area (Å²) in [6, 6.07) is 20.0. The van der Waals surface area contributed by atoms with E-state index in [1.54, 1.807) is 0 Å². The first kappa shape index (κ1) is 21.3. The topological polar surface area (TPSA) is 22.8 Å². The van der Waals surface area contributed by atoms with E-state index in [2.05, 4.69) is 124 Å². The lowest BCUT2D eigenvalue weighted by Crippen LogP contribution is -2.04. The zero-order chi connectivity index (χ0) is 24.8. The molecule has 38 heavy (non-hydrogen) atoms. The summed E-state index contributed by atoms with van der Waals surface area (Å²) in [5, 5.41) is 4.98. The number of thioether (sulfide) groups is 2. The van der Waals surface area contributed by atoms with Crippen molar-refractivity contribution in [3.63, 3.8) is 0 Å². The fourth-order valence-electron chi connectivity index (χ4n) is 6.43. The van der Waals surface area contributed by atoms with Crippen molar-refractivity contribution >= 4 is 67.4 Å². The van der Waals surface area contributed by atoms with E-state index in [0.717, 1.165) is 11.2 Å². The first-order valence-corrected chi connectivity index (χ1v) is 15.0. The van der Waals surface area contributed by atoms with Gasteiger partial charge in [0.25, 0.3) is 0 Å². The van der Waals surface area contributed by atoms with Crippen molar-refractivity contribution in [1.29, 1.82) is 0 Å². The first-order chi connectivity index (χ1) is 18.8. The second-order valence-corrected chi connectivity index (χ2v) is 12.7. The Labute approximate surface area is 228 Å². The van der Waals surface area contributed by atoms with E-state index in [1.807, 2.05) is 23.5 Å². The minimum atomic E-state index is 0.208. The number of pyridine rings is 1. The standard InChI is InChI=1S/C33H23N3S2/c1-7-15-28-20(9-1)17-30(37-28)35-26-14-6-4-12-23(26)32-27(35)19-24-22-11-3-5-13-25(22)36(33(24)34-32)31-18-21-10-2-8-16-29(21)38-31/h1-19,28-31H. The van der Waals surface area contributed by atoms with Crippen LogP contribution in [0.2, 0.25) is 0 Å². The fourth-order valence-corrected chi connectivity index (χ4v) is 9.18. The number of hydrogen-bond donors (Lipinski definition) is 0. The summed E-state index contributed by atoms with van der Waals surface area (Å²) < 4.78 is 4.97. The van der Waals surface area contributed by atoms with Gasteiger partial charge in [-0.25, -0.2) is 4.98 Å². The van der Waals surface area contributed by atoms with Crippen LogP contribution in [0.5, 0.6) is 0 Å². The SMILES string of the molecule is C1=CC2=CC(n3c4ccccc4c4nc5c(cc43)c3ccccc3n5C3C=C4C=CC=CC4S3)SC2C=C1. The Morgan fingerprint density at radius 2 is 1.21 bits per heavy atom. The summed E-state index contributed by atoms with van der Waals surface area (Å²) in [6.07, 6.45) is 22.6. The number of benzene rings is 2. The van der Waals surface area contributed by atoms with Gasteiger partial charge in [0.15, 0.2) is 0 Å². The molecule has 182 valence electrons. The number of rotatable bonds is 2. The quantitative estimate of drug-likeness (QED) is 0.230. The highest BCUT2D eigenvalue weighted by atomic mass is 32.2.